The first kappa shape index (κ1) is 13.9. The van der Waals surface area contributed by atoms with E-state index in [2.05, 4.69) is 10.3 Å². The van der Waals surface area contributed by atoms with Crippen LogP contribution in [0.15, 0.2) is 23.2 Å². The summed E-state index contributed by atoms with van der Waals surface area (Å²) in [6.07, 6.45) is 2.77. The van der Waals surface area contributed by atoms with Gasteiger partial charge in [-0.2, -0.15) is 0 Å². The van der Waals surface area contributed by atoms with Gasteiger partial charge in [-0.05, 0) is 33.2 Å². The molecule has 0 radical (unpaired) electrons. The molecule has 1 aromatic heterocycles. The van der Waals surface area contributed by atoms with Crippen molar-refractivity contribution in [3.05, 3.63) is 18.3 Å². The van der Waals surface area contributed by atoms with Crippen LogP contribution in [0, 0.1) is 0 Å². The van der Waals surface area contributed by atoms with Crippen molar-refractivity contribution in [3.63, 3.8) is 0 Å². The van der Waals surface area contributed by atoms with Gasteiger partial charge in [0.05, 0.1) is 0 Å². The van der Waals surface area contributed by atoms with Crippen LogP contribution in [-0.2, 0) is 9.84 Å². The number of hydrogen-bond donors (Lipinski definition) is 1. The van der Waals surface area contributed by atoms with Crippen molar-refractivity contribution < 1.29 is 8.42 Å². The molecule has 1 N–H and O–H groups in total. The quantitative estimate of drug-likeness (QED) is 0.847. The molecular formula is C11H19N3O2S. The minimum absolute atomic E-state index is 0.125. The molecule has 1 rings (SSSR count). The predicted molar refractivity (Wildman–Crippen MR) is 69.0 cm³/mol. The molecule has 0 saturated carbocycles. The van der Waals surface area contributed by atoms with Crippen LogP contribution in [0.1, 0.15) is 6.92 Å². The summed E-state index contributed by atoms with van der Waals surface area (Å²) in [5.74, 6) is 0.421. The Labute approximate surface area is 103 Å². The molecule has 0 aliphatic carbocycles. The van der Waals surface area contributed by atoms with E-state index in [9.17, 15) is 8.42 Å². The number of anilines is 1. The third kappa shape index (κ3) is 4.32. The predicted octanol–water partition coefficient (Wildman–Crippen LogP) is 0.847. The number of aromatic nitrogens is 1. The number of likely N-dealkylation sites (N-methyl/N-ethyl adjacent to an activating group) is 1. The maximum atomic E-state index is 11.6. The van der Waals surface area contributed by atoms with Crippen LogP contribution in [-0.4, -0.2) is 51.2 Å². The lowest BCUT2D eigenvalue weighted by Gasteiger charge is -2.19. The van der Waals surface area contributed by atoms with E-state index in [-0.39, 0.29) is 10.9 Å². The van der Waals surface area contributed by atoms with E-state index in [1.807, 2.05) is 25.9 Å². The Hall–Kier alpha value is -1.14. The molecule has 0 amide bonds. The summed E-state index contributed by atoms with van der Waals surface area (Å²) in [7, 11) is 0.687. The first-order valence-electron chi connectivity index (χ1n) is 5.37. The van der Waals surface area contributed by atoms with Gasteiger partial charge < -0.3 is 10.2 Å². The van der Waals surface area contributed by atoms with E-state index in [4.69, 9.17) is 0 Å². The molecule has 1 heterocycles. The van der Waals surface area contributed by atoms with Gasteiger partial charge in [-0.3, -0.25) is 0 Å². The van der Waals surface area contributed by atoms with E-state index >= 15 is 0 Å². The highest BCUT2D eigenvalue weighted by molar-refractivity contribution is 7.90. The van der Waals surface area contributed by atoms with E-state index in [0.717, 1.165) is 6.54 Å². The Balaban J connectivity index is 2.92. The third-order valence-electron chi connectivity index (χ3n) is 2.19. The Kier molecular flexibility index (Phi) is 4.47. The summed E-state index contributed by atoms with van der Waals surface area (Å²) in [5, 5.41) is 3.12. The highest BCUT2D eigenvalue weighted by atomic mass is 32.2. The molecule has 0 aliphatic rings. The Bertz CT molecular complexity index is 471. The van der Waals surface area contributed by atoms with E-state index in [1.54, 1.807) is 18.3 Å². The molecule has 1 aromatic rings. The third-order valence-corrected chi connectivity index (χ3v) is 3.32. The smallest absolute Gasteiger partial charge is 0.179 e. The normalized spacial score (nSPS) is 13.7. The molecule has 0 aliphatic heterocycles. The summed E-state index contributed by atoms with van der Waals surface area (Å²) in [5.41, 5.74) is 0. The molecule has 96 valence electrons. The van der Waals surface area contributed by atoms with Crippen LogP contribution in [0.4, 0.5) is 5.82 Å². The Morgan fingerprint density at radius 1 is 1.47 bits per heavy atom. The van der Waals surface area contributed by atoms with Gasteiger partial charge in [0.25, 0.3) is 0 Å². The van der Waals surface area contributed by atoms with E-state index in [0.29, 0.717) is 5.82 Å². The summed E-state index contributed by atoms with van der Waals surface area (Å²) < 4.78 is 23.1. The van der Waals surface area contributed by atoms with Crippen molar-refractivity contribution in [1.29, 1.82) is 0 Å². The summed E-state index contributed by atoms with van der Waals surface area (Å²) in [6, 6.07) is 3.31. The molecule has 0 spiro atoms. The summed E-state index contributed by atoms with van der Waals surface area (Å²) in [4.78, 5) is 6.35. The van der Waals surface area contributed by atoms with Gasteiger partial charge in [0.2, 0.25) is 0 Å². The minimum Gasteiger partial charge on any atom is -0.365 e. The zero-order valence-corrected chi connectivity index (χ0v) is 11.5. The van der Waals surface area contributed by atoms with E-state index in [1.165, 1.54) is 6.26 Å². The zero-order chi connectivity index (χ0) is 13.1. The van der Waals surface area contributed by atoms with Crippen LogP contribution in [0.2, 0.25) is 0 Å². The summed E-state index contributed by atoms with van der Waals surface area (Å²) >= 11 is 0. The first-order valence-corrected chi connectivity index (χ1v) is 7.26. The van der Waals surface area contributed by atoms with Gasteiger partial charge in [0.15, 0.2) is 9.84 Å². The monoisotopic (exact) mass is 257 g/mol. The van der Waals surface area contributed by atoms with Crippen molar-refractivity contribution in [2.75, 3.05) is 32.2 Å². The standard InChI is InChI=1S/C11H19N3O2S/c1-9(8-14(2)3)13-11-10(17(4,15)16)6-5-7-12-11/h5-7,9H,8H2,1-4H3,(H,12,13). The van der Waals surface area contributed by atoms with Crippen molar-refractivity contribution >= 4 is 15.7 Å². The average Bonchev–Trinajstić information content (AvgIpc) is 2.15. The molecule has 1 unspecified atom stereocenters. The fourth-order valence-electron chi connectivity index (χ4n) is 1.62. The van der Waals surface area contributed by atoms with Gasteiger partial charge in [-0.1, -0.05) is 0 Å². The number of pyridine rings is 1. The summed E-state index contributed by atoms with van der Waals surface area (Å²) in [6.45, 7) is 2.79. The van der Waals surface area contributed by atoms with Crippen molar-refractivity contribution in [2.24, 2.45) is 0 Å². The number of hydrogen-bond acceptors (Lipinski definition) is 5. The molecule has 5 nitrogen and oxygen atoms in total. The van der Waals surface area contributed by atoms with Gasteiger partial charge >= 0.3 is 0 Å². The molecule has 0 fully saturated rings. The maximum Gasteiger partial charge on any atom is 0.179 e. The van der Waals surface area contributed by atoms with Crippen molar-refractivity contribution in [2.45, 2.75) is 17.9 Å². The van der Waals surface area contributed by atoms with Gasteiger partial charge in [0.1, 0.15) is 10.7 Å². The largest absolute Gasteiger partial charge is 0.365 e. The highest BCUT2D eigenvalue weighted by Crippen LogP contribution is 2.18. The fraction of sp³-hybridized carbons (Fsp3) is 0.545. The molecule has 6 heteroatoms. The van der Waals surface area contributed by atoms with Crippen LogP contribution in [0.25, 0.3) is 0 Å². The maximum absolute atomic E-state index is 11.6. The number of nitrogens with zero attached hydrogens (tertiary/aromatic N) is 2. The number of sulfone groups is 1. The Morgan fingerprint density at radius 2 is 2.12 bits per heavy atom. The second kappa shape index (κ2) is 5.46. The highest BCUT2D eigenvalue weighted by Gasteiger charge is 2.15. The lowest BCUT2D eigenvalue weighted by atomic mass is 10.3. The SMILES string of the molecule is CC(CN(C)C)Nc1ncccc1S(C)(=O)=O. The first-order chi connectivity index (χ1) is 7.80. The van der Waals surface area contributed by atoms with Crippen molar-refractivity contribution in [3.8, 4) is 0 Å². The number of rotatable bonds is 5. The lowest BCUT2D eigenvalue weighted by molar-refractivity contribution is 0.391. The second-order valence-corrected chi connectivity index (χ2v) is 6.41. The molecule has 17 heavy (non-hydrogen) atoms. The van der Waals surface area contributed by atoms with Gasteiger partial charge in [-0.25, -0.2) is 13.4 Å². The molecule has 0 saturated heterocycles. The van der Waals surface area contributed by atoms with Gasteiger partial charge in [-0.15, -0.1) is 0 Å². The second-order valence-electron chi connectivity index (χ2n) is 4.43. The lowest BCUT2D eigenvalue weighted by Crippen LogP contribution is -2.30. The van der Waals surface area contributed by atoms with Crippen LogP contribution in [0.3, 0.4) is 0 Å². The molecule has 1 atom stereocenters. The molecule has 0 aromatic carbocycles. The molecular weight excluding hydrogens is 238 g/mol. The van der Waals surface area contributed by atoms with Crippen LogP contribution < -0.4 is 5.32 Å². The van der Waals surface area contributed by atoms with Gasteiger partial charge in [0, 0.05) is 25.0 Å². The topological polar surface area (TPSA) is 62.3 Å². The van der Waals surface area contributed by atoms with Crippen LogP contribution >= 0.6 is 0 Å². The van der Waals surface area contributed by atoms with E-state index < -0.39 is 9.84 Å². The van der Waals surface area contributed by atoms with Crippen LogP contribution in [0.5, 0.6) is 0 Å². The average molecular weight is 257 g/mol. The Morgan fingerprint density at radius 3 is 2.65 bits per heavy atom. The number of nitrogens with one attached hydrogen (secondary N) is 1. The molecule has 0 bridgehead atoms. The van der Waals surface area contributed by atoms with Crippen molar-refractivity contribution in [1.82, 2.24) is 9.88 Å². The zero-order valence-electron chi connectivity index (χ0n) is 10.6. The minimum atomic E-state index is -3.25. The fourth-order valence-corrected chi connectivity index (χ4v) is 2.41.